The zero-order chi connectivity index (χ0) is 15.0. The number of allylic oxidation sites excluding steroid dienone is 2. The van der Waals surface area contributed by atoms with E-state index in [1.807, 2.05) is 13.8 Å². The molecule has 1 heteroatoms. The highest BCUT2D eigenvalue weighted by molar-refractivity contribution is 5.20. The molecule has 0 aromatic carbocycles. The minimum absolute atomic E-state index is 0.979. The molecule has 0 spiro atoms. The Balaban J connectivity index is 0.000000956. The summed E-state index contributed by atoms with van der Waals surface area (Å²) in [5.41, 5.74) is 1.52. The number of likely N-dealkylation sites (tertiary alicyclic amines) is 1. The van der Waals surface area contributed by atoms with Crippen LogP contribution >= 0.6 is 0 Å². The summed E-state index contributed by atoms with van der Waals surface area (Å²) >= 11 is 0. The van der Waals surface area contributed by atoms with Gasteiger partial charge >= 0.3 is 0 Å². The fourth-order valence-corrected chi connectivity index (χ4v) is 3.80. The van der Waals surface area contributed by atoms with Crippen molar-refractivity contribution in [1.82, 2.24) is 4.90 Å². The smallest absolute Gasteiger partial charge is 0.0230 e. The molecule has 0 aromatic rings. The highest BCUT2D eigenvalue weighted by Gasteiger charge is 2.38. The zero-order valence-corrected chi connectivity index (χ0v) is 14.4. The summed E-state index contributed by atoms with van der Waals surface area (Å²) in [7, 11) is 0. The van der Waals surface area contributed by atoms with Gasteiger partial charge in [0.2, 0.25) is 0 Å². The van der Waals surface area contributed by atoms with Gasteiger partial charge in [-0.3, -0.25) is 4.90 Å². The van der Waals surface area contributed by atoms with Gasteiger partial charge in [-0.15, -0.1) is 0 Å². The maximum absolute atomic E-state index is 2.68. The van der Waals surface area contributed by atoms with Crippen molar-refractivity contribution in [3.8, 4) is 0 Å². The standard InChI is InChI=1S/C17H29N.C2H6/c1-4-6-8-15(7-5-2)11-18-12-16-9-14(3)10-17(16)13-18;1-2/h6-8,14,16-17H,4-5,9-13H2,1-3H3;1-2H3/b8-6-,15-7+;/t14?,16-,17+;. The van der Waals surface area contributed by atoms with E-state index in [1.54, 1.807) is 0 Å². The first-order chi connectivity index (χ1) is 9.72. The van der Waals surface area contributed by atoms with Crippen LogP contribution in [0.5, 0.6) is 0 Å². The molecule has 2 fully saturated rings. The maximum atomic E-state index is 2.68. The average molecular weight is 277 g/mol. The summed E-state index contributed by atoms with van der Waals surface area (Å²) in [6.07, 6.45) is 12.3. The Hall–Kier alpha value is -0.560. The molecule has 0 amide bonds. The molecular weight excluding hydrogens is 242 g/mol. The topological polar surface area (TPSA) is 3.24 Å². The van der Waals surface area contributed by atoms with E-state index in [0.29, 0.717) is 0 Å². The van der Waals surface area contributed by atoms with Gasteiger partial charge in [0.05, 0.1) is 0 Å². The van der Waals surface area contributed by atoms with Crippen LogP contribution in [0, 0.1) is 17.8 Å². The summed E-state index contributed by atoms with van der Waals surface area (Å²) in [4.78, 5) is 2.68. The largest absolute Gasteiger partial charge is 0.299 e. The van der Waals surface area contributed by atoms with Gasteiger partial charge in [-0.2, -0.15) is 0 Å². The fourth-order valence-electron chi connectivity index (χ4n) is 3.80. The van der Waals surface area contributed by atoms with Gasteiger partial charge in [-0.25, -0.2) is 0 Å². The lowest BCUT2D eigenvalue weighted by atomic mass is 10.0. The summed E-state index contributed by atoms with van der Waals surface area (Å²) in [6.45, 7) is 14.7. The normalized spacial score (nSPS) is 30.4. The quantitative estimate of drug-likeness (QED) is 0.617. The van der Waals surface area contributed by atoms with Gasteiger partial charge in [-0.1, -0.05) is 52.8 Å². The molecular formula is C19H35N. The zero-order valence-electron chi connectivity index (χ0n) is 14.4. The molecule has 1 saturated carbocycles. The SMILES string of the molecule is CC.CC/C=C\C(=C/CC)CN1C[C@H]2CC(C)C[C@H]2C1. The van der Waals surface area contributed by atoms with Crippen molar-refractivity contribution in [2.75, 3.05) is 19.6 Å². The Bertz CT molecular complexity index is 302. The molecule has 1 aliphatic carbocycles. The first kappa shape index (κ1) is 17.5. The molecule has 2 rings (SSSR count). The number of hydrogen-bond donors (Lipinski definition) is 0. The third-order valence-electron chi connectivity index (χ3n) is 4.50. The summed E-state index contributed by atoms with van der Waals surface area (Å²) in [5.74, 6) is 2.98. The highest BCUT2D eigenvalue weighted by Crippen LogP contribution is 2.41. The Morgan fingerprint density at radius 1 is 1.05 bits per heavy atom. The van der Waals surface area contributed by atoms with Gasteiger partial charge in [0.15, 0.2) is 0 Å². The number of hydrogen-bond acceptors (Lipinski definition) is 1. The average Bonchev–Trinajstić information content (AvgIpc) is 2.95. The molecule has 0 aromatic heterocycles. The first-order valence-electron chi connectivity index (χ1n) is 8.80. The number of nitrogens with zero attached hydrogens (tertiary/aromatic N) is 1. The van der Waals surface area contributed by atoms with Crippen molar-refractivity contribution in [2.45, 2.75) is 60.3 Å². The van der Waals surface area contributed by atoms with Crippen LogP contribution in [0.3, 0.4) is 0 Å². The summed E-state index contributed by atoms with van der Waals surface area (Å²) < 4.78 is 0. The Labute approximate surface area is 127 Å². The van der Waals surface area contributed by atoms with E-state index in [4.69, 9.17) is 0 Å². The van der Waals surface area contributed by atoms with Crippen molar-refractivity contribution >= 4 is 0 Å². The van der Waals surface area contributed by atoms with Gasteiger partial charge in [-0.05, 0) is 49.0 Å². The van der Waals surface area contributed by atoms with E-state index in [2.05, 4.69) is 43.9 Å². The van der Waals surface area contributed by atoms with E-state index in [1.165, 1.54) is 38.0 Å². The third kappa shape index (κ3) is 5.09. The van der Waals surface area contributed by atoms with Crippen molar-refractivity contribution in [3.05, 3.63) is 23.8 Å². The molecule has 0 bridgehead atoms. The predicted octanol–water partition coefficient (Wildman–Crippen LogP) is 5.29. The molecule has 20 heavy (non-hydrogen) atoms. The minimum atomic E-state index is 0.979. The predicted molar refractivity (Wildman–Crippen MR) is 91.0 cm³/mol. The van der Waals surface area contributed by atoms with Gasteiger partial charge in [0.25, 0.3) is 0 Å². The van der Waals surface area contributed by atoms with Crippen LogP contribution < -0.4 is 0 Å². The number of rotatable bonds is 5. The van der Waals surface area contributed by atoms with Gasteiger partial charge < -0.3 is 0 Å². The molecule has 1 aliphatic heterocycles. The second-order valence-electron chi connectivity index (χ2n) is 6.29. The summed E-state index contributed by atoms with van der Waals surface area (Å²) in [6, 6.07) is 0. The van der Waals surface area contributed by atoms with Gasteiger partial charge in [0.1, 0.15) is 0 Å². The van der Waals surface area contributed by atoms with Crippen molar-refractivity contribution < 1.29 is 0 Å². The lowest BCUT2D eigenvalue weighted by Gasteiger charge is -2.18. The monoisotopic (exact) mass is 277 g/mol. The molecule has 1 nitrogen and oxygen atoms in total. The Kier molecular flexibility index (Phi) is 8.21. The molecule has 2 aliphatic rings. The molecule has 1 heterocycles. The van der Waals surface area contributed by atoms with Crippen LogP contribution in [0.25, 0.3) is 0 Å². The molecule has 1 unspecified atom stereocenters. The van der Waals surface area contributed by atoms with Crippen LogP contribution in [0.4, 0.5) is 0 Å². The fraction of sp³-hybridized carbons (Fsp3) is 0.789. The van der Waals surface area contributed by atoms with Crippen LogP contribution in [0.1, 0.15) is 60.3 Å². The molecule has 0 N–H and O–H groups in total. The van der Waals surface area contributed by atoms with Crippen molar-refractivity contribution in [2.24, 2.45) is 17.8 Å². The van der Waals surface area contributed by atoms with Crippen LogP contribution in [0.15, 0.2) is 23.8 Å². The van der Waals surface area contributed by atoms with Crippen molar-refractivity contribution in [1.29, 1.82) is 0 Å². The van der Waals surface area contributed by atoms with Crippen LogP contribution in [-0.4, -0.2) is 24.5 Å². The van der Waals surface area contributed by atoms with E-state index >= 15 is 0 Å². The molecule has 1 saturated heterocycles. The molecule has 0 radical (unpaired) electrons. The molecule has 3 atom stereocenters. The third-order valence-corrected chi connectivity index (χ3v) is 4.50. The van der Waals surface area contributed by atoms with Crippen LogP contribution in [-0.2, 0) is 0 Å². The lowest BCUT2D eigenvalue weighted by molar-refractivity contribution is 0.325. The summed E-state index contributed by atoms with van der Waals surface area (Å²) in [5, 5.41) is 0. The maximum Gasteiger partial charge on any atom is 0.0230 e. The molecule has 116 valence electrons. The lowest BCUT2D eigenvalue weighted by Crippen LogP contribution is -2.24. The van der Waals surface area contributed by atoms with Crippen molar-refractivity contribution in [3.63, 3.8) is 0 Å². The first-order valence-corrected chi connectivity index (χ1v) is 8.80. The van der Waals surface area contributed by atoms with E-state index < -0.39 is 0 Å². The highest BCUT2D eigenvalue weighted by atomic mass is 15.2. The Morgan fingerprint density at radius 3 is 2.15 bits per heavy atom. The number of fused-ring (bicyclic) bond motifs is 1. The van der Waals surface area contributed by atoms with Gasteiger partial charge in [0, 0.05) is 19.6 Å². The van der Waals surface area contributed by atoms with E-state index in [9.17, 15) is 0 Å². The second kappa shape index (κ2) is 9.39. The van der Waals surface area contributed by atoms with E-state index in [0.717, 1.165) is 30.6 Å². The van der Waals surface area contributed by atoms with Crippen LogP contribution in [0.2, 0.25) is 0 Å². The second-order valence-corrected chi connectivity index (χ2v) is 6.29. The Morgan fingerprint density at radius 2 is 1.65 bits per heavy atom. The van der Waals surface area contributed by atoms with E-state index in [-0.39, 0.29) is 0 Å². The minimum Gasteiger partial charge on any atom is -0.299 e.